The van der Waals surface area contributed by atoms with Crippen molar-refractivity contribution in [3.05, 3.63) is 46.5 Å². The molecule has 1 N–H and O–H groups in total. The molecule has 1 aliphatic rings. The van der Waals surface area contributed by atoms with Crippen molar-refractivity contribution in [1.82, 2.24) is 0 Å². The van der Waals surface area contributed by atoms with Gasteiger partial charge in [-0.15, -0.1) is 0 Å². The van der Waals surface area contributed by atoms with Crippen LogP contribution in [-0.4, -0.2) is 11.1 Å². The van der Waals surface area contributed by atoms with Crippen LogP contribution in [0.2, 0.25) is 0 Å². The van der Waals surface area contributed by atoms with E-state index in [2.05, 4.69) is 39.8 Å². The van der Waals surface area contributed by atoms with Crippen LogP contribution in [0, 0.1) is 19.8 Å². The van der Waals surface area contributed by atoms with Gasteiger partial charge in [-0.05, 0) is 49.3 Å². The molecule has 0 bridgehead atoms. The normalized spacial score (nSPS) is 26.9. The first-order valence-electron chi connectivity index (χ1n) is 6.87. The minimum absolute atomic E-state index is 0.375. The maximum atomic E-state index is 11.6. The van der Waals surface area contributed by atoms with Crippen molar-refractivity contribution in [3.8, 4) is 0 Å². The Morgan fingerprint density at radius 3 is 2.68 bits per heavy atom. The molecule has 2 atom stereocenters. The standard InChI is InChI=1S/C17H22O2/c1-11-8-9-15(16(18)19)17(4,10-11)14-7-5-6-12(2)13(14)3/h5-7,9,11H,8,10H2,1-4H3,(H,18,19)/t11-,17-/m0/s1. The number of carboxylic acids is 1. The minimum atomic E-state index is -0.782. The Morgan fingerprint density at radius 2 is 2.05 bits per heavy atom. The Morgan fingerprint density at radius 1 is 1.37 bits per heavy atom. The molecule has 0 fully saturated rings. The summed E-state index contributed by atoms with van der Waals surface area (Å²) in [5, 5.41) is 9.51. The summed E-state index contributed by atoms with van der Waals surface area (Å²) in [7, 11) is 0. The van der Waals surface area contributed by atoms with Crippen molar-refractivity contribution in [2.24, 2.45) is 5.92 Å². The van der Waals surface area contributed by atoms with E-state index in [9.17, 15) is 9.90 Å². The summed E-state index contributed by atoms with van der Waals surface area (Å²) in [5.74, 6) is -0.261. The molecule has 0 heterocycles. The second kappa shape index (κ2) is 4.84. The van der Waals surface area contributed by atoms with Crippen LogP contribution in [0.3, 0.4) is 0 Å². The maximum Gasteiger partial charge on any atom is 0.332 e. The van der Waals surface area contributed by atoms with Crippen LogP contribution in [0.25, 0.3) is 0 Å². The SMILES string of the molecule is Cc1cccc([C@]2(C)C[C@@H](C)CC=C2C(=O)O)c1C. The topological polar surface area (TPSA) is 37.3 Å². The average molecular weight is 258 g/mol. The van der Waals surface area contributed by atoms with Crippen molar-refractivity contribution < 1.29 is 9.90 Å². The Balaban J connectivity index is 2.61. The largest absolute Gasteiger partial charge is 0.478 e. The molecular weight excluding hydrogens is 236 g/mol. The van der Waals surface area contributed by atoms with E-state index in [1.807, 2.05) is 12.1 Å². The molecule has 0 amide bonds. The molecule has 0 spiro atoms. The number of aryl methyl sites for hydroxylation is 1. The lowest BCUT2D eigenvalue weighted by Crippen LogP contribution is -2.35. The van der Waals surface area contributed by atoms with Crippen LogP contribution >= 0.6 is 0 Å². The Labute approximate surface area is 115 Å². The molecule has 0 saturated heterocycles. The summed E-state index contributed by atoms with van der Waals surface area (Å²) in [5.41, 5.74) is 3.78. The number of benzene rings is 1. The Bertz CT molecular complexity index is 542. The first-order valence-corrected chi connectivity index (χ1v) is 6.87. The summed E-state index contributed by atoms with van der Waals surface area (Å²) in [6.45, 7) is 8.44. The van der Waals surface area contributed by atoms with Gasteiger partial charge >= 0.3 is 5.97 Å². The predicted molar refractivity (Wildman–Crippen MR) is 77.4 cm³/mol. The van der Waals surface area contributed by atoms with Gasteiger partial charge in [-0.25, -0.2) is 4.79 Å². The summed E-state index contributed by atoms with van der Waals surface area (Å²) >= 11 is 0. The van der Waals surface area contributed by atoms with E-state index >= 15 is 0 Å². The molecule has 1 aromatic carbocycles. The van der Waals surface area contributed by atoms with Gasteiger partial charge in [0.25, 0.3) is 0 Å². The van der Waals surface area contributed by atoms with Crippen LogP contribution < -0.4 is 0 Å². The number of carbonyl (C=O) groups is 1. The van der Waals surface area contributed by atoms with Gasteiger partial charge in [0.2, 0.25) is 0 Å². The van der Waals surface area contributed by atoms with Gasteiger partial charge in [-0.3, -0.25) is 0 Å². The van der Waals surface area contributed by atoms with Crippen LogP contribution in [0.5, 0.6) is 0 Å². The number of allylic oxidation sites excluding steroid dienone is 1. The molecule has 0 aliphatic heterocycles. The van der Waals surface area contributed by atoms with Crippen molar-refractivity contribution in [3.63, 3.8) is 0 Å². The lowest BCUT2D eigenvalue weighted by molar-refractivity contribution is -0.133. The van der Waals surface area contributed by atoms with Crippen LogP contribution in [0.4, 0.5) is 0 Å². The van der Waals surface area contributed by atoms with E-state index in [1.54, 1.807) is 0 Å². The Hall–Kier alpha value is -1.57. The fourth-order valence-corrected chi connectivity index (χ4v) is 3.36. The summed E-state index contributed by atoms with van der Waals surface area (Å²) in [6.07, 6.45) is 3.68. The van der Waals surface area contributed by atoms with Gasteiger partial charge < -0.3 is 5.11 Å². The van der Waals surface area contributed by atoms with E-state index in [4.69, 9.17) is 0 Å². The van der Waals surface area contributed by atoms with Gasteiger partial charge in [-0.1, -0.05) is 38.1 Å². The van der Waals surface area contributed by atoms with E-state index in [-0.39, 0.29) is 5.41 Å². The average Bonchev–Trinajstić information content (AvgIpc) is 2.31. The monoisotopic (exact) mass is 258 g/mol. The molecule has 19 heavy (non-hydrogen) atoms. The van der Waals surface area contributed by atoms with Crippen LogP contribution in [0.1, 0.15) is 43.4 Å². The van der Waals surface area contributed by atoms with Crippen molar-refractivity contribution in [2.45, 2.75) is 46.0 Å². The second-order valence-corrected chi connectivity index (χ2v) is 6.05. The summed E-state index contributed by atoms with van der Waals surface area (Å²) < 4.78 is 0. The van der Waals surface area contributed by atoms with E-state index in [0.29, 0.717) is 11.5 Å². The van der Waals surface area contributed by atoms with Crippen molar-refractivity contribution in [2.75, 3.05) is 0 Å². The Kier molecular flexibility index (Phi) is 3.53. The third-order valence-electron chi connectivity index (χ3n) is 4.51. The number of aliphatic carboxylic acids is 1. The highest BCUT2D eigenvalue weighted by atomic mass is 16.4. The molecular formula is C17H22O2. The number of rotatable bonds is 2. The smallest absolute Gasteiger partial charge is 0.332 e. The molecule has 1 aliphatic carbocycles. The highest BCUT2D eigenvalue weighted by Crippen LogP contribution is 2.44. The predicted octanol–water partition coefficient (Wildman–Crippen LogP) is 4.00. The zero-order valence-corrected chi connectivity index (χ0v) is 12.2. The molecule has 2 nitrogen and oxygen atoms in total. The number of hydrogen-bond acceptors (Lipinski definition) is 1. The fourth-order valence-electron chi connectivity index (χ4n) is 3.36. The van der Waals surface area contributed by atoms with Crippen LogP contribution in [-0.2, 0) is 10.2 Å². The zero-order chi connectivity index (χ0) is 14.2. The highest BCUT2D eigenvalue weighted by molar-refractivity contribution is 5.90. The van der Waals surface area contributed by atoms with Gasteiger partial charge in [0.1, 0.15) is 0 Å². The van der Waals surface area contributed by atoms with Crippen LogP contribution in [0.15, 0.2) is 29.8 Å². The van der Waals surface area contributed by atoms with Crippen molar-refractivity contribution in [1.29, 1.82) is 0 Å². The van der Waals surface area contributed by atoms with Gasteiger partial charge in [0, 0.05) is 11.0 Å². The first kappa shape index (κ1) is 13.9. The van der Waals surface area contributed by atoms with E-state index in [1.165, 1.54) is 11.1 Å². The molecule has 0 aromatic heterocycles. The van der Waals surface area contributed by atoms with E-state index < -0.39 is 5.97 Å². The quantitative estimate of drug-likeness (QED) is 0.870. The molecule has 2 heteroatoms. The van der Waals surface area contributed by atoms with Gasteiger partial charge in [0.05, 0.1) is 0 Å². The number of carboxylic acid groups (broad SMARTS) is 1. The lowest BCUT2D eigenvalue weighted by atomic mass is 9.65. The second-order valence-electron chi connectivity index (χ2n) is 6.05. The maximum absolute atomic E-state index is 11.6. The molecule has 0 saturated carbocycles. The lowest BCUT2D eigenvalue weighted by Gasteiger charge is -2.38. The summed E-state index contributed by atoms with van der Waals surface area (Å²) in [6, 6.07) is 6.19. The third-order valence-corrected chi connectivity index (χ3v) is 4.51. The molecule has 0 radical (unpaired) electrons. The molecule has 0 unspecified atom stereocenters. The highest BCUT2D eigenvalue weighted by Gasteiger charge is 2.39. The minimum Gasteiger partial charge on any atom is -0.478 e. The van der Waals surface area contributed by atoms with Gasteiger partial charge in [0.15, 0.2) is 0 Å². The molecule has 2 rings (SSSR count). The third kappa shape index (κ3) is 2.32. The molecule has 102 valence electrons. The zero-order valence-electron chi connectivity index (χ0n) is 12.2. The molecule has 1 aromatic rings. The number of hydrogen-bond donors (Lipinski definition) is 1. The fraction of sp³-hybridized carbons (Fsp3) is 0.471. The summed E-state index contributed by atoms with van der Waals surface area (Å²) in [4.78, 5) is 11.6. The van der Waals surface area contributed by atoms with Crippen molar-refractivity contribution >= 4 is 5.97 Å². The first-order chi connectivity index (χ1) is 8.86. The van der Waals surface area contributed by atoms with Gasteiger partial charge in [-0.2, -0.15) is 0 Å². The van der Waals surface area contributed by atoms with E-state index in [0.717, 1.165) is 18.4 Å².